The van der Waals surface area contributed by atoms with E-state index in [2.05, 4.69) is 32.1 Å². The van der Waals surface area contributed by atoms with Crippen LogP contribution in [0.15, 0.2) is 25.3 Å². The lowest BCUT2D eigenvalue weighted by atomic mass is 10.2. The van der Waals surface area contributed by atoms with Crippen LogP contribution in [0, 0.1) is 0 Å². The first-order valence-corrected chi connectivity index (χ1v) is 6.49. The second-order valence-corrected chi connectivity index (χ2v) is 3.85. The molecule has 0 aliphatic heterocycles. The lowest BCUT2D eigenvalue weighted by molar-refractivity contribution is -0.162. The van der Waals surface area contributed by atoms with Crippen molar-refractivity contribution in [3.8, 4) is 0 Å². The van der Waals surface area contributed by atoms with Crippen LogP contribution < -0.4 is 0 Å². The molecule has 0 bridgehead atoms. The molecule has 10 nitrogen and oxygen atoms in total. The molecular weight excluding hydrogens is 328 g/mol. The molecule has 10 heteroatoms. The van der Waals surface area contributed by atoms with Gasteiger partial charge in [0.25, 0.3) is 0 Å². The molecule has 0 aliphatic rings. The van der Waals surface area contributed by atoms with Crippen molar-refractivity contribution >= 4 is 23.9 Å². The van der Waals surface area contributed by atoms with Gasteiger partial charge in [0, 0.05) is 12.2 Å². The molecule has 0 aliphatic carbocycles. The Balaban J connectivity index is 0. The molecule has 24 heavy (non-hydrogen) atoms. The second-order valence-electron chi connectivity index (χ2n) is 3.85. The minimum absolute atomic E-state index is 0. The van der Waals surface area contributed by atoms with E-state index in [4.69, 9.17) is 0 Å². The van der Waals surface area contributed by atoms with Crippen LogP contribution in [0.25, 0.3) is 0 Å². The highest BCUT2D eigenvalue weighted by Gasteiger charge is 2.21. The molecule has 0 saturated carbocycles. The van der Waals surface area contributed by atoms with Gasteiger partial charge in [-0.2, -0.15) is 0 Å². The third kappa shape index (κ3) is 11.9. The van der Waals surface area contributed by atoms with Crippen LogP contribution in [0.5, 0.6) is 0 Å². The number of aliphatic hydroxyl groups is 1. The lowest BCUT2D eigenvalue weighted by Gasteiger charge is -2.10. The minimum atomic E-state index is -1.71. The van der Waals surface area contributed by atoms with Gasteiger partial charge in [-0.3, -0.25) is 10.3 Å². The van der Waals surface area contributed by atoms with Crippen LogP contribution in [-0.2, 0) is 38.1 Å². The normalized spacial score (nSPS) is 10.4. The van der Waals surface area contributed by atoms with Gasteiger partial charge in [-0.05, 0) is 0 Å². The van der Waals surface area contributed by atoms with E-state index in [-0.39, 0.29) is 31.9 Å². The van der Waals surface area contributed by atoms with Gasteiger partial charge in [0.15, 0.2) is 6.10 Å². The van der Waals surface area contributed by atoms with Gasteiger partial charge in [0.2, 0.25) is 0 Å². The van der Waals surface area contributed by atoms with Crippen molar-refractivity contribution in [2.24, 2.45) is 0 Å². The molecule has 1 atom stereocenters. The van der Waals surface area contributed by atoms with Crippen LogP contribution in [0.4, 0.5) is 0 Å². The van der Waals surface area contributed by atoms with E-state index >= 15 is 0 Å². The molecule has 2 N–H and O–H groups in total. The van der Waals surface area contributed by atoms with Crippen LogP contribution in [0.1, 0.15) is 6.42 Å². The highest BCUT2D eigenvalue weighted by molar-refractivity contribution is 5.82. The van der Waals surface area contributed by atoms with E-state index < -0.39 is 36.4 Å². The van der Waals surface area contributed by atoms with Gasteiger partial charge in [-0.25, -0.2) is 14.4 Å². The Morgan fingerprint density at radius 3 is 1.71 bits per heavy atom. The molecule has 1 unspecified atom stereocenters. The van der Waals surface area contributed by atoms with Crippen molar-refractivity contribution in [3.05, 3.63) is 25.3 Å². The largest absolute Gasteiger partial charge is 0.462 e. The Morgan fingerprint density at radius 1 is 0.833 bits per heavy atom. The van der Waals surface area contributed by atoms with Crippen molar-refractivity contribution in [2.75, 3.05) is 26.4 Å². The van der Waals surface area contributed by atoms with Gasteiger partial charge in [0.05, 0.1) is 6.42 Å². The number of esters is 4. The monoisotopic (exact) mass is 347 g/mol. The molecule has 0 amide bonds. The molecule has 0 rings (SSSR count). The predicted octanol–water partition coefficient (Wildman–Crippen LogP) is -0.895. The number of ether oxygens (including phenoxy) is 4. The Bertz CT molecular complexity index is 456. The third-order valence-corrected chi connectivity index (χ3v) is 2.13. The Hall–Kier alpha value is -2.72. The fourth-order valence-corrected chi connectivity index (χ4v) is 1.10. The summed E-state index contributed by atoms with van der Waals surface area (Å²) in [6.07, 6.45) is -0.443. The first-order valence-electron chi connectivity index (χ1n) is 6.49. The first kappa shape index (κ1) is 23.5. The molecule has 0 aromatic rings. The van der Waals surface area contributed by atoms with Crippen LogP contribution in [-0.4, -0.2) is 67.0 Å². The maximum atomic E-state index is 11.3. The average Bonchev–Trinajstić information content (AvgIpc) is 2.54. The van der Waals surface area contributed by atoms with Gasteiger partial charge >= 0.3 is 23.9 Å². The van der Waals surface area contributed by atoms with Crippen LogP contribution >= 0.6 is 0 Å². The topological polar surface area (TPSA) is 155 Å². The zero-order valence-electron chi connectivity index (χ0n) is 12.8. The fraction of sp³-hybridized carbons (Fsp3) is 0.429. The second kappa shape index (κ2) is 13.9. The summed E-state index contributed by atoms with van der Waals surface area (Å²) >= 11 is 0. The third-order valence-electron chi connectivity index (χ3n) is 2.13. The summed E-state index contributed by atoms with van der Waals surface area (Å²) in [7, 11) is 0. The zero-order chi connectivity index (χ0) is 17.7. The summed E-state index contributed by atoms with van der Waals surface area (Å²) < 4.78 is 18.3. The Labute approximate surface area is 137 Å². The van der Waals surface area contributed by atoms with E-state index in [1.807, 2.05) is 0 Å². The van der Waals surface area contributed by atoms with Crippen molar-refractivity contribution in [1.82, 2.24) is 0 Å². The number of hydrogen-bond donors (Lipinski definition) is 2. The van der Waals surface area contributed by atoms with Crippen LogP contribution in [0.2, 0.25) is 0 Å². The summed E-state index contributed by atoms with van der Waals surface area (Å²) in [5, 5.41) is 9.43. The summed E-state index contributed by atoms with van der Waals surface area (Å²) in [5.74, 6) is -3.28. The molecule has 0 aromatic carbocycles. The molecule has 1 radical (unpaired) electrons. The highest BCUT2D eigenvalue weighted by Crippen LogP contribution is 1.98. The highest BCUT2D eigenvalue weighted by atomic mass is 16.6. The van der Waals surface area contributed by atoms with Gasteiger partial charge < -0.3 is 24.1 Å². The minimum Gasteiger partial charge on any atom is -0.462 e. The summed E-state index contributed by atoms with van der Waals surface area (Å²) in [6, 6.07) is 0. The zero-order valence-corrected chi connectivity index (χ0v) is 12.8. The maximum absolute atomic E-state index is 11.3. The van der Waals surface area contributed by atoms with Crippen LogP contribution in [0.3, 0.4) is 0 Å². The van der Waals surface area contributed by atoms with E-state index in [0.29, 0.717) is 0 Å². The smallest absolute Gasteiger partial charge is 0.335 e. The Kier molecular flexibility index (Phi) is 13.6. The quantitative estimate of drug-likeness (QED) is 0.209. The molecule has 0 aromatic heterocycles. The first-order chi connectivity index (χ1) is 10.9. The summed E-state index contributed by atoms with van der Waals surface area (Å²) in [6.45, 7) is 5.47. The van der Waals surface area contributed by atoms with E-state index in [9.17, 15) is 24.3 Å². The molecule has 0 spiro atoms. The number of carbonyl (C=O) groups is 4. The van der Waals surface area contributed by atoms with Gasteiger partial charge in [0.1, 0.15) is 26.4 Å². The van der Waals surface area contributed by atoms with Crippen molar-refractivity contribution in [2.45, 2.75) is 12.5 Å². The number of aliphatic hydroxyl groups excluding tert-OH is 1. The average molecular weight is 347 g/mol. The van der Waals surface area contributed by atoms with E-state index in [1.165, 1.54) is 0 Å². The maximum Gasteiger partial charge on any atom is 0.335 e. The molecule has 0 saturated heterocycles. The Morgan fingerprint density at radius 2 is 1.25 bits per heavy atom. The van der Waals surface area contributed by atoms with Crippen molar-refractivity contribution in [3.63, 3.8) is 0 Å². The molecule has 0 fully saturated rings. The SMILES string of the molecule is C=CC(=O)OCCOC(=O)CC(O)C(=O)OCCOC(=O)C=C.[OH]. The number of rotatable bonds is 11. The number of carbonyl (C=O) groups excluding carboxylic acids is 4. The van der Waals surface area contributed by atoms with Gasteiger partial charge in [-0.15, -0.1) is 0 Å². The van der Waals surface area contributed by atoms with E-state index in [1.54, 1.807) is 0 Å². The molecule has 135 valence electrons. The standard InChI is InChI=1S/C14H18O9.HO/c1-3-11(16)20-5-6-22-13(18)9-10(15)14(19)23-8-7-21-12(17)4-2;/h3-4,10,15H,1-2,5-9H2;1H. The molecular formula is C14H19O10. The predicted molar refractivity (Wildman–Crippen MR) is 76.8 cm³/mol. The summed E-state index contributed by atoms with van der Waals surface area (Å²) in [5.41, 5.74) is 0. The van der Waals surface area contributed by atoms with Crippen molar-refractivity contribution in [1.29, 1.82) is 0 Å². The molecule has 0 heterocycles. The van der Waals surface area contributed by atoms with Crippen molar-refractivity contribution < 1.29 is 48.7 Å². The van der Waals surface area contributed by atoms with E-state index in [0.717, 1.165) is 12.2 Å². The summed E-state index contributed by atoms with van der Waals surface area (Å²) in [4.78, 5) is 44.0. The van der Waals surface area contributed by atoms with Gasteiger partial charge in [-0.1, -0.05) is 13.2 Å². The fourth-order valence-electron chi connectivity index (χ4n) is 1.10. The number of hydrogen-bond acceptors (Lipinski definition) is 9. The lowest BCUT2D eigenvalue weighted by Crippen LogP contribution is -2.28.